The largest absolute Gasteiger partial charge is 0.481 e. The second kappa shape index (κ2) is 8.70. The van der Waals surface area contributed by atoms with E-state index in [-0.39, 0.29) is 0 Å². The first kappa shape index (κ1) is 22.9. The molecule has 4 aromatic rings. The lowest BCUT2D eigenvalue weighted by atomic mass is 9.98. The predicted octanol–water partition coefficient (Wildman–Crippen LogP) is 5.14. The van der Waals surface area contributed by atoms with Crippen LogP contribution in [0, 0.1) is 32.5 Å². The number of nitrogens with one attached hydrogen (secondary N) is 1. The lowest BCUT2D eigenvalue weighted by molar-refractivity contribution is -0.141. The van der Waals surface area contributed by atoms with Crippen molar-refractivity contribution < 1.29 is 14.3 Å². The highest BCUT2D eigenvalue weighted by atomic mass is 32.1. The molecule has 0 spiro atoms. The minimum atomic E-state index is -0.949. The van der Waals surface area contributed by atoms with Crippen LogP contribution in [0.15, 0.2) is 47.6 Å². The monoisotopic (exact) mass is 490 g/mol. The Morgan fingerprint density at radius 2 is 1.89 bits per heavy atom. The summed E-state index contributed by atoms with van der Waals surface area (Å²) in [6, 6.07) is 9.86. The fourth-order valence-corrected chi connectivity index (χ4v) is 5.34. The number of fused-ring (bicyclic) bond motifs is 3. The predicted molar refractivity (Wildman–Crippen MR) is 133 cm³/mol. The maximum Gasteiger partial charge on any atom is 0.308 e. The Labute approximate surface area is 205 Å². The number of rotatable bonds is 5. The van der Waals surface area contributed by atoms with Gasteiger partial charge in [0.05, 0.1) is 17.8 Å². The van der Waals surface area contributed by atoms with Gasteiger partial charge in [-0.15, -0.1) is 21.5 Å². The molecule has 4 heterocycles. The second-order valence-electron chi connectivity index (χ2n) is 8.52. The van der Waals surface area contributed by atoms with E-state index in [1.54, 1.807) is 24.3 Å². The summed E-state index contributed by atoms with van der Waals surface area (Å²) in [7, 11) is 0. The molecule has 3 aromatic heterocycles. The molecule has 0 radical (unpaired) electrons. The van der Waals surface area contributed by atoms with Crippen LogP contribution in [-0.4, -0.2) is 36.5 Å². The number of carboxylic acids is 1. The van der Waals surface area contributed by atoms with E-state index in [2.05, 4.69) is 34.3 Å². The molecule has 35 heavy (non-hydrogen) atoms. The summed E-state index contributed by atoms with van der Waals surface area (Å²) >= 11 is 1.62. The van der Waals surface area contributed by atoms with Crippen molar-refractivity contribution in [3.8, 4) is 5.00 Å². The zero-order chi connectivity index (χ0) is 24.9. The molecule has 2 N–H and O–H groups in total. The van der Waals surface area contributed by atoms with Gasteiger partial charge in [-0.1, -0.05) is 12.1 Å². The second-order valence-corrected chi connectivity index (χ2v) is 9.72. The molecule has 0 saturated heterocycles. The lowest BCUT2D eigenvalue weighted by Gasteiger charge is -2.16. The topological polar surface area (TPSA) is 105 Å². The summed E-state index contributed by atoms with van der Waals surface area (Å²) in [5.41, 5.74) is 4.39. The maximum absolute atomic E-state index is 13.2. The highest BCUT2D eigenvalue weighted by Gasteiger charge is 2.36. The van der Waals surface area contributed by atoms with Crippen molar-refractivity contribution in [3.63, 3.8) is 0 Å². The van der Waals surface area contributed by atoms with Crippen molar-refractivity contribution >= 4 is 34.5 Å². The molecule has 0 fully saturated rings. The molecule has 1 unspecified atom stereocenters. The number of hydrogen-bond acceptors (Lipinski definition) is 7. The van der Waals surface area contributed by atoms with Gasteiger partial charge in [-0.25, -0.2) is 9.37 Å². The number of aliphatic carboxylic acids is 1. The van der Waals surface area contributed by atoms with Gasteiger partial charge in [-0.2, -0.15) is 0 Å². The Balaban J connectivity index is 1.63. The van der Waals surface area contributed by atoms with Crippen molar-refractivity contribution in [1.82, 2.24) is 19.7 Å². The van der Waals surface area contributed by atoms with Gasteiger partial charge in [0.15, 0.2) is 5.82 Å². The van der Waals surface area contributed by atoms with Gasteiger partial charge in [0.2, 0.25) is 0 Å². The van der Waals surface area contributed by atoms with Crippen LogP contribution in [0.3, 0.4) is 0 Å². The first-order valence-electron chi connectivity index (χ1n) is 11.1. The van der Waals surface area contributed by atoms with E-state index in [1.807, 2.05) is 35.8 Å². The minimum absolute atomic E-state index is 0.398. The third-order valence-corrected chi connectivity index (χ3v) is 7.40. The summed E-state index contributed by atoms with van der Waals surface area (Å²) in [4.78, 5) is 22.2. The molecule has 1 aromatic carbocycles. The molecule has 0 amide bonds. The minimum Gasteiger partial charge on any atom is -0.481 e. The normalized spacial score (nSPS) is 15.6. The summed E-state index contributed by atoms with van der Waals surface area (Å²) in [5.74, 6) is -0.405. The molecular formula is C25H23FN6O2S. The Hall–Kier alpha value is -3.92. The fourth-order valence-electron chi connectivity index (χ4n) is 4.13. The van der Waals surface area contributed by atoms with Crippen LogP contribution < -0.4 is 5.32 Å². The van der Waals surface area contributed by atoms with E-state index < -0.39 is 23.7 Å². The van der Waals surface area contributed by atoms with E-state index in [9.17, 15) is 14.3 Å². The Morgan fingerprint density at radius 3 is 2.54 bits per heavy atom. The number of carboxylic acid groups (broad SMARTS) is 1. The number of anilines is 2. The molecule has 178 valence electrons. The van der Waals surface area contributed by atoms with Gasteiger partial charge in [0.1, 0.15) is 28.5 Å². The molecule has 2 atom stereocenters. The van der Waals surface area contributed by atoms with Gasteiger partial charge in [0.25, 0.3) is 0 Å². The zero-order valence-corrected chi connectivity index (χ0v) is 20.4. The third kappa shape index (κ3) is 3.99. The lowest BCUT2D eigenvalue weighted by Crippen LogP contribution is -2.21. The number of aryl methyl sites for hydroxylation is 2. The van der Waals surface area contributed by atoms with Crippen molar-refractivity contribution in [3.05, 3.63) is 81.6 Å². The smallest absolute Gasteiger partial charge is 0.308 e. The van der Waals surface area contributed by atoms with Crippen molar-refractivity contribution in [2.24, 2.45) is 10.9 Å². The van der Waals surface area contributed by atoms with Crippen molar-refractivity contribution in [2.45, 2.75) is 33.7 Å². The van der Waals surface area contributed by atoms with Crippen LogP contribution in [0.2, 0.25) is 0 Å². The number of hydrogen-bond donors (Lipinski definition) is 2. The number of thiophene rings is 1. The quantitative estimate of drug-likeness (QED) is 0.401. The van der Waals surface area contributed by atoms with Crippen LogP contribution in [-0.2, 0) is 4.79 Å². The van der Waals surface area contributed by atoms with Crippen LogP contribution >= 0.6 is 11.3 Å². The highest BCUT2D eigenvalue weighted by molar-refractivity contribution is 7.15. The van der Waals surface area contributed by atoms with Crippen LogP contribution in [0.1, 0.15) is 46.2 Å². The number of nitrogens with zero attached hydrogens (tertiary/aromatic N) is 5. The van der Waals surface area contributed by atoms with E-state index in [1.165, 1.54) is 6.07 Å². The van der Waals surface area contributed by atoms with Gasteiger partial charge >= 0.3 is 5.97 Å². The van der Waals surface area contributed by atoms with Crippen LogP contribution in [0.5, 0.6) is 0 Å². The van der Waals surface area contributed by atoms with Gasteiger partial charge in [0, 0.05) is 21.7 Å². The zero-order valence-electron chi connectivity index (χ0n) is 19.6. The molecule has 0 saturated carbocycles. The summed E-state index contributed by atoms with van der Waals surface area (Å²) in [5, 5.41) is 22.5. The van der Waals surface area contributed by atoms with Gasteiger partial charge in [-0.3, -0.25) is 14.4 Å². The SMILES string of the molecule is Cc1sc2c(c1C)C(c1ccc(Nc3ccc(F)cn3)cc1)=NC([C@H](C)C(=O)O)c1nnc(C)n1-2. The van der Waals surface area contributed by atoms with Crippen LogP contribution in [0.25, 0.3) is 5.00 Å². The number of aromatic nitrogens is 4. The Kier molecular flexibility index (Phi) is 5.68. The molecular weight excluding hydrogens is 467 g/mol. The molecule has 0 bridgehead atoms. The summed E-state index contributed by atoms with van der Waals surface area (Å²) < 4.78 is 15.1. The molecule has 0 aliphatic carbocycles. The first-order valence-corrected chi connectivity index (χ1v) is 11.9. The highest BCUT2D eigenvalue weighted by Crippen LogP contribution is 2.40. The fraction of sp³-hybridized carbons (Fsp3) is 0.240. The molecule has 8 nitrogen and oxygen atoms in total. The van der Waals surface area contributed by atoms with Crippen molar-refractivity contribution in [1.29, 1.82) is 0 Å². The van der Waals surface area contributed by atoms with E-state index in [4.69, 9.17) is 4.99 Å². The summed E-state index contributed by atoms with van der Waals surface area (Å²) in [6.07, 6.45) is 1.16. The molecule has 10 heteroatoms. The summed E-state index contributed by atoms with van der Waals surface area (Å²) in [6.45, 7) is 7.62. The average Bonchev–Trinajstić information content (AvgIpc) is 3.30. The third-order valence-electron chi connectivity index (χ3n) is 6.21. The van der Waals surface area contributed by atoms with Gasteiger partial charge in [-0.05, 0) is 57.5 Å². The first-order chi connectivity index (χ1) is 16.7. The molecule has 5 rings (SSSR count). The number of aliphatic imine (C=N–C) groups is 1. The molecule has 1 aliphatic heterocycles. The standard InChI is InChI=1S/C25H23FN6O2S/c1-12-14(3)35-24-20(12)22(29-21(13(2)25(33)34)23-31-30-15(4)32(23)24)16-5-8-18(9-6-16)28-19-10-7-17(26)11-27-19/h5-11,13,21H,1-4H3,(H,27,28)(H,33,34)/t13-,21?/m0/s1. The van der Waals surface area contributed by atoms with E-state index >= 15 is 0 Å². The Bertz CT molecular complexity index is 1460. The van der Waals surface area contributed by atoms with E-state index in [0.29, 0.717) is 17.5 Å². The van der Waals surface area contributed by atoms with Crippen molar-refractivity contribution in [2.75, 3.05) is 5.32 Å². The number of benzene rings is 1. The average molecular weight is 491 g/mol. The Morgan fingerprint density at radius 1 is 1.14 bits per heavy atom. The van der Waals surface area contributed by atoms with Crippen LogP contribution in [0.4, 0.5) is 15.9 Å². The number of pyridine rings is 1. The number of carbonyl (C=O) groups is 1. The van der Waals surface area contributed by atoms with Gasteiger partial charge < -0.3 is 10.4 Å². The van der Waals surface area contributed by atoms with E-state index in [0.717, 1.165) is 44.2 Å². The molecule has 1 aliphatic rings. The number of halogens is 1. The maximum atomic E-state index is 13.2.